The van der Waals surface area contributed by atoms with Crippen molar-refractivity contribution in [1.82, 2.24) is 5.32 Å². The van der Waals surface area contributed by atoms with E-state index in [0.29, 0.717) is 17.0 Å². The van der Waals surface area contributed by atoms with Gasteiger partial charge in [-0.2, -0.15) is 0 Å². The third-order valence-corrected chi connectivity index (χ3v) is 3.40. The van der Waals surface area contributed by atoms with Gasteiger partial charge in [0.1, 0.15) is 5.75 Å². The molecule has 0 aromatic heterocycles. The van der Waals surface area contributed by atoms with E-state index in [1.54, 1.807) is 32.2 Å². The van der Waals surface area contributed by atoms with E-state index in [1.807, 2.05) is 20.8 Å². The van der Waals surface area contributed by atoms with Gasteiger partial charge in [0.2, 0.25) is 0 Å². The summed E-state index contributed by atoms with van der Waals surface area (Å²) in [6, 6.07) is 5.20. The van der Waals surface area contributed by atoms with Crippen LogP contribution in [0.25, 0.3) is 0 Å². The van der Waals surface area contributed by atoms with Crippen LogP contribution in [0, 0.1) is 0 Å². The van der Waals surface area contributed by atoms with Crippen LogP contribution >= 0.6 is 0 Å². The predicted octanol–water partition coefficient (Wildman–Crippen LogP) is 2.00. The second-order valence-corrected chi connectivity index (χ2v) is 6.37. The van der Waals surface area contributed by atoms with E-state index in [2.05, 4.69) is 5.32 Å². The summed E-state index contributed by atoms with van der Waals surface area (Å²) in [6.07, 6.45) is -0.494. The Hall–Kier alpha value is -1.88. The lowest BCUT2D eigenvalue weighted by Gasteiger charge is -2.30. The van der Waals surface area contributed by atoms with Gasteiger partial charge in [-0.05, 0) is 45.9 Å². The maximum atomic E-state index is 12.2. The summed E-state index contributed by atoms with van der Waals surface area (Å²) in [7, 11) is 1.70. The molecule has 1 heterocycles. The molecule has 0 aliphatic carbocycles. The van der Waals surface area contributed by atoms with Crippen molar-refractivity contribution in [3.05, 3.63) is 23.8 Å². The fourth-order valence-electron chi connectivity index (χ4n) is 2.13. The Morgan fingerprint density at radius 2 is 2.05 bits per heavy atom. The van der Waals surface area contributed by atoms with Crippen molar-refractivity contribution in [3.63, 3.8) is 0 Å². The fourth-order valence-corrected chi connectivity index (χ4v) is 2.13. The van der Waals surface area contributed by atoms with Gasteiger partial charge in [-0.15, -0.1) is 0 Å². The number of ether oxygens (including phenoxy) is 1. The Bertz CT molecular complexity index is 575. The van der Waals surface area contributed by atoms with Gasteiger partial charge in [0, 0.05) is 18.2 Å². The van der Waals surface area contributed by atoms with Crippen molar-refractivity contribution >= 4 is 17.4 Å². The first kappa shape index (κ1) is 15.5. The molecule has 0 spiro atoms. The first-order valence-corrected chi connectivity index (χ1v) is 7.05. The van der Waals surface area contributed by atoms with E-state index < -0.39 is 6.10 Å². The number of anilines is 1. The number of fused-ring (bicyclic) bond motifs is 1. The SMILES string of the molecule is CC1Oc2ccc(C(=O)CNC(C)(C)C)cc2N(C)C1=O. The van der Waals surface area contributed by atoms with Gasteiger partial charge >= 0.3 is 0 Å². The normalized spacial score (nSPS) is 18.2. The van der Waals surface area contributed by atoms with Crippen LogP contribution in [0.15, 0.2) is 18.2 Å². The van der Waals surface area contributed by atoms with Crippen molar-refractivity contribution in [2.24, 2.45) is 0 Å². The molecule has 0 radical (unpaired) electrons. The van der Waals surface area contributed by atoms with E-state index in [9.17, 15) is 9.59 Å². The summed E-state index contributed by atoms with van der Waals surface area (Å²) in [5, 5.41) is 3.17. The van der Waals surface area contributed by atoms with E-state index in [1.165, 1.54) is 4.90 Å². The zero-order chi connectivity index (χ0) is 15.8. The first-order chi connectivity index (χ1) is 9.69. The van der Waals surface area contributed by atoms with Crippen molar-refractivity contribution in [2.75, 3.05) is 18.5 Å². The summed E-state index contributed by atoms with van der Waals surface area (Å²) >= 11 is 0. The minimum absolute atomic E-state index is 0.00723. The Morgan fingerprint density at radius 1 is 1.38 bits per heavy atom. The molecule has 1 unspecified atom stereocenters. The number of nitrogens with zero attached hydrogens (tertiary/aromatic N) is 1. The number of carbonyl (C=O) groups excluding carboxylic acids is 2. The Labute approximate surface area is 125 Å². The molecule has 5 nitrogen and oxygen atoms in total. The number of Topliss-reactive ketones (excluding diaryl/α,β-unsaturated/α-hetero) is 1. The fraction of sp³-hybridized carbons (Fsp3) is 0.500. The topological polar surface area (TPSA) is 58.6 Å². The number of ketones is 1. The number of carbonyl (C=O) groups is 2. The van der Waals surface area contributed by atoms with Crippen LogP contribution in [0.4, 0.5) is 5.69 Å². The number of amides is 1. The summed E-state index contributed by atoms with van der Waals surface area (Å²) in [5.41, 5.74) is 1.10. The highest BCUT2D eigenvalue weighted by molar-refractivity contribution is 6.03. The Morgan fingerprint density at radius 3 is 2.67 bits per heavy atom. The van der Waals surface area contributed by atoms with Crippen molar-refractivity contribution in [3.8, 4) is 5.75 Å². The third kappa shape index (κ3) is 3.42. The lowest BCUT2D eigenvalue weighted by atomic mass is 10.1. The molecular formula is C16H22N2O3. The molecule has 1 aromatic rings. The quantitative estimate of drug-likeness (QED) is 0.865. The maximum absolute atomic E-state index is 12.2. The maximum Gasteiger partial charge on any atom is 0.267 e. The van der Waals surface area contributed by atoms with E-state index >= 15 is 0 Å². The molecule has 1 aromatic carbocycles. The van der Waals surface area contributed by atoms with E-state index in [0.717, 1.165) is 0 Å². The molecule has 114 valence electrons. The highest BCUT2D eigenvalue weighted by Crippen LogP contribution is 2.33. The van der Waals surface area contributed by atoms with Crippen LogP contribution in [0.1, 0.15) is 38.1 Å². The molecular weight excluding hydrogens is 268 g/mol. The van der Waals surface area contributed by atoms with Crippen LogP contribution in [0.2, 0.25) is 0 Å². The molecule has 1 aliphatic heterocycles. The Balaban J connectivity index is 2.21. The average Bonchev–Trinajstić information content (AvgIpc) is 2.41. The molecule has 2 rings (SSSR count). The number of nitrogens with one attached hydrogen (secondary N) is 1. The molecule has 1 atom stereocenters. The van der Waals surface area contributed by atoms with Crippen molar-refractivity contribution in [1.29, 1.82) is 0 Å². The molecule has 1 aliphatic rings. The van der Waals surface area contributed by atoms with Gasteiger partial charge in [-0.3, -0.25) is 9.59 Å². The summed E-state index contributed by atoms with van der Waals surface area (Å²) in [6.45, 7) is 8.00. The number of benzene rings is 1. The minimum Gasteiger partial charge on any atom is -0.479 e. The molecule has 1 amide bonds. The van der Waals surface area contributed by atoms with Gasteiger partial charge in [-0.25, -0.2) is 0 Å². The molecule has 21 heavy (non-hydrogen) atoms. The second-order valence-electron chi connectivity index (χ2n) is 6.37. The summed E-state index contributed by atoms with van der Waals surface area (Å²) in [5.74, 6) is 0.511. The lowest BCUT2D eigenvalue weighted by Crippen LogP contribution is -2.42. The van der Waals surface area contributed by atoms with E-state index in [4.69, 9.17) is 4.74 Å². The third-order valence-electron chi connectivity index (χ3n) is 3.40. The minimum atomic E-state index is -0.494. The number of hydrogen-bond donors (Lipinski definition) is 1. The first-order valence-electron chi connectivity index (χ1n) is 7.05. The summed E-state index contributed by atoms with van der Waals surface area (Å²) < 4.78 is 5.55. The van der Waals surface area contributed by atoms with Crippen LogP contribution in [0.3, 0.4) is 0 Å². The zero-order valence-electron chi connectivity index (χ0n) is 13.2. The van der Waals surface area contributed by atoms with Gasteiger partial charge in [-0.1, -0.05) is 0 Å². The zero-order valence-corrected chi connectivity index (χ0v) is 13.2. The largest absolute Gasteiger partial charge is 0.479 e. The number of hydrogen-bond acceptors (Lipinski definition) is 4. The highest BCUT2D eigenvalue weighted by Gasteiger charge is 2.29. The van der Waals surface area contributed by atoms with Crippen LogP contribution in [-0.2, 0) is 4.79 Å². The van der Waals surface area contributed by atoms with Gasteiger partial charge in [0.05, 0.1) is 12.2 Å². The van der Waals surface area contributed by atoms with E-state index in [-0.39, 0.29) is 23.8 Å². The second kappa shape index (κ2) is 5.48. The van der Waals surface area contributed by atoms with Gasteiger partial charge in [0.25, 0.3) is 5.91 Å². The number of likely N-dealkylation sites (N-methyl/N-ethyl adjacent to an activating group) is 1. The lowest BCUT2D eigenvalue weighted by molar-refractivity contribution is -0.125. The monoisotopic (exact) mass is 290 g/mol. The smallest absolute Gasteiger partial charge is 0.267 e. The Kier molecular flexibility index (Phi) is 4.05. The number of rotatable bonds is 3. The molecule has 1 N–H and O–H groups in total. The highest BCUT2D eigenvalue weighted by atomic mass is 16.5. The summed E-state index contributed by atoms with van der Waals surface area (Å²) in [4.78, 5) is 25.7. The van der Waals surface area contributed by atoms with Crippen LogP contribution in [-0.4, -0.2) is 36.9 Å². The molecule has 0 fully saturated rings. The van der Waals surface area contributed by atoms with Crippen molar-refractivity contribution in [2.45, 2.75) is 39.3 Å². The molecule has 0 saturated heterocycles. The standard InChI is InChI=1S/C16H22N2O3/c1-10-15(20)18(5)12-8-11(6-7-14(12)21-10)13(19)9-17-16(2,3)4/h6-8,10,17H,9H2,1-5H3. The van der Waals surface area contributed by atoms with Crippen molar-refractivity contribution < 1.29 is 14.3 Å². The predicted molar refractivity (Wildman–Crippen MR) is 82.0 cm³/mol. The average molecular weight is 290 g/mol. The molecule has 0 saturated carbocycles. The van der Waals surface area contributed by atoms with Crippen LogP contribution < -0.4 is 15.0 Å². The molecule has 5 heteroatoms. The van der Waals surface area contributed by atoms with Crippen LogP contribution in [0.5, 0.6) is 5.75 Å². The van der Waals surface area contributed by atoms with Gasteiger partial charge in [0.15, 0.2) is 11.9 Å². The van der Waals surface area contributed by atoms with Gasteiger partial charge < -0.3 is 15.0 Å². The molecule has 0 bridgehead atoms.